The van der Waals surface area contributed by atoms with Crippen LogP contribution in [-0.2, 0) is 0 Å². The van der Waals surface area contributed by atoms with Crippen LogP contribution in [0.1, 0.15) is 39.0 Å². The molecular weight excluding hydrogens is 240 g/mol. The Labute approximate surface area is 113 Å². The molecule has 1 aromatic heterocycles. The first-order chi connectivity index (χ1) is 8.93. The van der Waals surface area contributed by atoms with Gasteiger partial charge in [0.05, 0.1) is 0 Å². The number of rotatable bonds is 6. The van der Waals surface area contributed by atoms with E-state index in [1.807, 2.05) is 0 Å². The van der Waals surface area contributed by atoms with E-state index in [1.54, 1.807) is 30.9 Å². The van der Waals surface area contributed by atoms with Crippen molar-refractivity contribution >= 4 is 11.7 Å². The van der Waals surface area contributed by atoms with E-state index >= 15 is 0 Å². The molecule has 0 aliphatic heterocycles. The average Bonchev–Trinajstić information content (AvgIpc) is 2.63. The molecule has 1 aromatic rings. The number of carbonyl (C=O) groups is 2. The average molecular weight is 260 g/mol. The number of Topliss-reactive ketones (excluding diaryl/α,β-unsaturated/α-hetero) is 1. The summed E-state index contributed by atoms with van der Waals surface area (Å²) in [5.74, 6) is -0.183. The van der Waals surface area contributed by atoms with Gasteiger partial charge < -0.3 is 9.88 Å². The van der Waals surface area contributed by atoms with Crippen molar-refractivity contribution in [2.45, 2.75) is 20.8 Å². The van der Waals surface area contributed by atoms with Crippen LogP contribution in [0, 0.1) is 13.8 Å². The Kier molecular flexibility index (Phi) is 4.87. The minimum atomic E-state index is -0.145. The van der Waals surface area contributed by atoms with Gasteiger partial charge in [-0.1, -0.05) is 12.2 Å². The van der Waals surface area contributed by atoms with Gasteiger partial charge in [-0.3, -0.25) is 9.59 Å². The molecule has 4 nitrogen and oxygen atoms in total. The molecule has 0 saturated carbocycles. The summed E-state index contributed by atoms with van der Waals surface area (Å²) < 4.78 is 0. The molecule has 0 atom stereocenters. The molecule has 0 fully saturated rings. The molecule has 1 rings (SSSR count). The lowest BCUT2D eigenvalue weighted by molar-refractivity contribution is 0.0785. The predicted molar refractivity (Wildman–Crippen MR) is 76.6 cm³/mol. The summed E-state index contributed by atoms with van der Waals surface area (Å²) in [4.78, 5) is 28.6. The number of carbonyl (C=O) groups excluding carboxylic acids is 2. The first-order valence-corrected chi connectivity index (χ1v) is 6.15. The Bertz CT molecular complexity index is 516. The number of amides is 1. The summed E-state index contributed by atoms with van der Waals surface area (Å²) >= 11 is 0. The number of hydrogen-bond donors (Lipinski definition) is 1. The van der Waals surface area contributed by atoms with Crippen molar-refractivity contribution in [2.75, 3.05) is 13.1 Å². The number of aryl methyl sites for hydroxylation is 1. The van der Waals surface area contributed by atoms with E-state index < -0.39 is 0 Å². The van der Waals surface area contributed by atoms with Crippen LogP contribution in [-0.4, -0.2) is 34.7 Å². The Morgan fingerprint density at radius 3 is 2.11 bits per heavy atom. The summed E-state index contributed by atoms with van der Waals surface area (Å²) in [5, 5.41) is 0. The van der Waals surface area contributed by atoms with Crippen LogP contribution in [0.4, 0.5) is 0 Å². The lowest BCUT2D eigenvalue weighted by Crippen LogP contribution is -2.32. The summed E-state index contributed by atoms with van der Waals surface area (Å²) in [6.45, 7) is 13.2. The second-order valence-electron chi connectivity index (χ2n) is 4.47. The molecule has 19 heavy (non-hydrogen) atoms. The van der Waals surface area contributed by atoms with Crippen LogP contribution in [0.15, 0.2) is 25.3 Å². The standard InChI is InChI=1S/C15H20N2O2/c1-6-8-17(9-7-2)15(19)14-10(3)13(12(5)18)11(4)16-14/h6-7,16H,1-2,8-9H2,3-5H3. The van der Waals surface area contributed by atoms with Gasteiger partial charge in [-0.2, -0.15) is 0 Å². The van der Waals surface area contributed by atoms with Gasteiger partial charge in [0, 0.05) is 24.3 Å². The predicted octanol–water partition coefficient (Wildman–Crippen LogP) is 2.65. The molecule has 0 saturated heterocycles. The van der Waals surface area contributed by atoms with Gasteiger partial charge in [-0.25, -0.2) is 0 Å². The third-order valence-electron chi connectivity index (χ3n) is 2.99. The van der Waals surface area contributed by atoms with Gasteiger partial charge in [0.25, 0.3) is 5.91 Å². The van der Waals surface area contributed by atoms with Crippen molar-refractivity contribution in [3.63, 3.8) is 0 Å². The summed E-state index contributed by atoms with van der Waals surface area (Å²) in [5.41, 5.74) is 2.49. The van der Waals surface area contributed by atoms with Crippen molar-refractivity contribution in [2.24, 2.45) is 0 Å². The zero-order valence-electron chi connectivity index (χ0n) is 11.7. The number of H-pyrrole nitrogens is 1. The Hall–Kier alpha value is -2.10. The van der Waals surface area contributed by atoms with Gasteiger partial charge >= 0.3 is 0 Å². The van der Waals surface area contributed by atoms with Crippen molar-refractivity contribution < 1.29 is 9.59 Å². The lowest BCUT2D eigenvalue weighted by Gasteiger charge is -2.18. The van der Waals surface area contributed by atoms with Crippen LogP contribution in [0.5, 0.6) is 0 Å². The third-order valence-corrected chi connectivity index (χ3v) is 2.99. The summed E-state index contributed by atoms with van der Waals surface area (Å²) in [6.07, 6.45) is 3.33. The molecule has 1 N–H and O–H groups in total. The van der Waals surface area contributed by atoms with Crippen LogP contribution < -0.4 is 0 Å². The van der Waals surface area contributed by atoms with E-state index in [9.17, 15) is 9.59 Å². The fourth-order valence-corrected chi connectivity index (χ4v) is 2.20. The van der Waals surface area contributed by atoms with E-state index in [-0.39, 0.29) is 11.7 Å². The molecule has 0 aromatic carbocycles. The van der Waals surface area contributed by atoms with E-state index in [1.165, 1.54) is 6.92 Å². The number of hydrogen-bond acceptors (Lipinski definition) is 2. The number of aromatic amines is 1. The molecule has 0 radical (unpaired) electrons. The molecule has 1 amide bonds. The molecule has 0 spiro atoms. The second kappa shape index (κ2) is 6.18. The lowest BCUT2D eigenvalue weighted by atomic mass is 10.1. The van der Waals surface area contributed by atoms with Crippen LogP contribution in [0.2, 0.25) is 0 Å². The van der Waals surface area contributed by atoms with Crippen molar-refractivity contribution in [1.82, 2.24) is 9.88 Å². The topological polar surface area (TPSA) is 53.2 Å². The molecular formula is C15H20N2O2. The molecule has 102 valence electrons. The van der Waals surface area contributed by atoms with Crippen molar-refractivity contribution in [1.29, 1.82) is 0 Å². The van der Waals surface area contributed by atoms with Crippen molar-refractivity contribution in [3.05, 3.63) is 47.8 Å². The maximum absolute atomic E-state index is 12.4. The number of nitrogens with zero attached hydrogens (tertiary/aromatic N) is 1. The normalized spacial score (nSPS) is 10.1. The first kappa shape index (κ1) is 15.0. The highest BCUT2D eigenvalue weighted by Crippen LogP contribution is 2.19. The van der Waals surface area contributed by atoms with E-state index in [2.05, 4.69) is 18.1 Å². The SMILES string of the molecule is C=CCN(CC=C)C(=O)c1[nH]c(C)c(C(C)=O)c1C. The van der Waals surface area contributed by atoms with Crippen LogP contribution in [0.3, 0.4) is 0 Å². The number of nitrogens with one attached hydrogen (secondary N) is 1. The zero-order chi connectivity index (χ0) is 14.6. The fraction of sp³-hybridized carbons (Fsp3) is 0.333. The van der Waals surface area contributed by atoms with Crippen LogP contribution in [0.25, 0.3) is 0 Å². The monoisotopic (exact) mass is 260 g/mol. The molecule has 4 heteroatoms. The third kappa shape index (κ3) is 3.02. The van der Waals surface area contributed by atoms with E-state index in [4.69, 9.17) is 0 Å². The van der Waals surface area contributed by atoms with Crippen molar-refractivity contribution in [3.8, 4) is 0 Å². The highest BCUT2D eigenvalue weighted by molar-refractivity contribution is 6.02. The van der Waals surface area contributed by atoms with Gasteiger partial charge in [0.15, 0.2) is 5.78 Å². The molecule has 0 bridgehead atoms. The van der Waals surface area contributed by atoms with E-state index in [0.717, 1.165) is 5.69 Å². The minimum absolute atomic E-state index is 0.0377. The maximum Gasteiger partial charge on any atom is 0.271 e. The highest BCUT2D eigenvalue weighted by atomic mass is 16.2. The number of aromatic nitrogens is 1. The fourth-order valence-electron chi connectivity index (χ4n) is 2.20. The molecule has 0 aliphatic rings. The molecule has 1 heterocycles. The summed E-state index contributed by atoms with van der Waals surface area (Å²) in [6, 6.07) is 0. The second-order valence-corrected chi connectivity index (χ2v) is 4.47. The largest absolute Gasteiger partial charge is 0.354 e. The molecule has 0 aliphatic carbocycles. The quantitative estimate of drug-likeness (QED) is 0.631. The first-order valence-electron chi connectivity index (χ1n) is 6.15. The Morgan fingerprint density at radius 2 is 1.74 bits per heavy atom. The number of ketones is 1. The zero-order valence-corrected chi connectivity index (χ0v) is 11.7. The van der Waals surface area contributed by atoms with Crippen LogP contribution >= 0.6 is 0 Å². The minimum Gasteiger partial charge on any atom is -0.354 e. The highest BCUT2D eigenvalue weighted by Gasteiger charge is 2.22. The van der Waals surface area contributed by atoms with Gasteiger partial charge in [-0.15, -0.1) is 13.2 Å². The van der Waals surface area contributed by atoms with Gasteiger partial charge in [0.2, 0.25) is 0 Å². The summed E-state index contributed by atoms with van der Waals surface area (Å²) in [7, 11) is 0. The Balaban J connectivity index is 3.18. The van der Waals surface area contributed by atoms with Gasteiger partial charge in [-0.05, 0) is 26.3 Å². The van der Waals surface area contributed by atoms with E-state index in [0.29, 0.717) is 29.9 Å². The molecule has 0 unspecified atom stereocenters. The maximum atomic E-state index is 12.4. The Morgan fingerprint density at radius 1 is 1.21 bits per heavy atom. The van der Waals surface area contributed by atoms with Gasteiger partial charge in [0.1, 0.15) is 5.69 Å². The smallest absolute Gasteiger partial charge is 0.271 e.